The van der Waals surface area contributed by atoms with Crippen LogP contribution in [0.1, 0.15) is 72.6 Å². The van der Waals surface area contributed by atoms with E-state index in [1.54, 1.807) is 30.1 Å². The predicted octanol–water partition coefficient (Wildman–Crippen LogP) is 6.31. The topological polar surface area (TPSA) is 83.0 Å². The van der Waals surface area contributed by atoms with Gasteiger partial charge in [0.25, 0.3) is 5.78 Å². The first-order chi connectivity index (χ1) is 15.0. The van der Waals surface area contributed by atoms with Gasteiger partial charge in [0.15, 0.2) is 0 Å². The van der Waals surface area contributed by atoms with Gasteiger partial charge >= 0.3 is 12.3 Å². The third-order valence-electron chi connectivity index (χ3n) is 5.50. The summed E-state index contributed by atoms with van der Waals surface area (Å²) < 4.78 is 5.56. The fourth-order valence-electron chi connectivity index (χ4n) is 4.04. The van der Waals surface area contributed by atoms with Gasteiger partial charge in [-0.2, -0.15) is 4.79 Å². The molecule has 1 aliphatic carbocycles. The van der Waals surface area contributed by atoms with Crippen LogP contribution in [-0.2, 0) is 4.74 Å². The van der Waals surface area contributed by atoms with Crippen LogP contribution in [0.15, 0.2) is 36.4 Å². The molecule has 0 bridgehead atoms. The number of amides is 1. The molecule has 0 aliphatic heterocycles. The minimum atomic E-state index is -0.624. The molecule has 32 heavy (non-hydrogen) atoms. The van der Waals surface area contributed by atoms with E-state index in [-0.39, 0.29) is 12.0 Å². The number of halogens is 2. The molecule has 6 nitrogen and oxygen atoms in total. The number of fused-ring (bicyclic) bond motifs is 1. The second kappa shape index (κ2) is 9.45. The first-order valence-electron chi connectivity index (χ1n) is 10.3. The Morgan fingerprint density at radius 1 is 1.09 bits per heavy atom. The molecule has 0 fully saturated rings. The highest BCUT2D eigenvalue weighted by atomic mass is 35.5. The number of benzene rings is 2. The molecule has 1 amide bonds. The molecule has 2 aromatic carbocycles. The van der Waals surface area contributed by atoms with E-state index in [1.807, 2.05) is 39.0 Å². The van der Waals surface area contributed by atoms with Crippen LogP contribution < -0.4 is 0 Å². The molecule has 1 aliphatic rings. The molecule has 2 atom stereocenters. The second-order valence-corrected chi connectivity index (χ2v) is 9.68. The summed E-state index contributed by atoms with van der Waals surface area (Å²) in [7, 11) is 1.70. The number of carbonyl (C=O) groups is 2. The van der Waals surface area contributed by atoms with E-state index in [1.165, 1.54) is 0 Å². The molecule has 0 radical (unpaired) electrons. The van der Waals surface area contributed by atoms with Gasteiger partial charge in [0.2, 0.25) is 0 Å². The van der Waals surface area contributed by atoms with Gasteiger partial charge in [0.05, 0.1) is 16.1 Å². The molecule has 0 N–H and O–H groups in total. The molecule has 0 aromatic heterocycles. The number of carbonyl (C=O) groups excluding carboxylic acids is 2. The third kappa shape index (κ3) is 5.21. The third-order valence-corrected chi connectivity index (χ3v) is 6.24. The fourth-order valence-corrected chi connectivity index (χ4v) is 4.34. The lowest BCUT2D eigenvalue weighted by Crippen LogP contribution is -2.38. The number of ether oxygens (including phenoxy) is 1. The normalized spacial score (nSPS) is 17.7. The molecule has 168 valence electrons. The largest absolute Gasteiger partial charge is 0.444 e. The van der Waals surface area contributed by atoms with Crippen LogP contribution in [0.2, 0.25) is 10.0 Å². The zero-order valence-corrected chi connectivity index (χ0v) is 19.9. The highest BCUT2D eigenvalue weighted by Gasteiger charge is 2.34. The molecule has 2 aromatic rings. The van der Waals surface area contributed by atoms with E-state index in [4.69, 9.17) is 33.5 Å². The van der Waals surface area contributed by atoms with Crippen molar-refractivity contribution in [3.05, 3.63) is 74.2 Å². The summed E-state index contributed by atoms with van der Waals surface area (Å²) in [5, 5.41) is 0.961. The van der Waals surface area contributed by atoms with Crippen molar-refractivity contribution in [2.45, 2.75) is 51.2 Å². The van der Waals surface area contributed by atoms with Crippen LogP contribution in [-0.4, -0.2) is 40.4 Å². The summed E-state index contributed by atoms with van der Waals surface area (Å²) in [5.41, 5.74) is 11.4. The van der Waals surface area contributed by atoms with Crippen molar-refractivity contribution in [1.29, 1.82) is 0 Å². The Balaban J connectivity index is 2.07. The van der Waals surface area contributed by atoms with E-state index >= 15 is 0 Å². The molecule has 0 saturated heterocycles. The van der Waals surface area contributed by atoms with Gasteiger partial charge in [-0.1, -0.05) is 41.4 Å². The van der Waals surface area contributed by atoms with Crippen molar-refractivity contribution < 1.29 is 19.1 Å². The van der Waals surface area contributed by atoms with Gasteiger partial charge < -0.3 is 15.2 Å². The second-order valence-electron chi connectivity index (χ2n) is 8.86. The number of Topliss-reactive ketones (excluding diaryl/α,β-unsaturated/α-hetero) is 1. The smallest absolute Gasteiger partial charge is 0.410 e. The van der Waals surface area contributed by atoms with Crippen molar-refractivity contribution in [2.75, 3.05) is 7.05 Å². The molecule has 0 spiro atoms. The maximum Gasteiger partial charge on any atom is 0.410 e. The summed E-state index contributed by atoms with van der Waals surface area (Å²) in [6.45, 7) is 5.45. The lowest BCUT2D eigenvalue weighted by atomic mass is 9.75. The van der Waals surface area contributed by atoms with Crippen LogP contribution in [0.5, 0.6) is 0 Å². The molecule has 0 saturated carbocycles. The number of hydrogen-bond acceptors (Lipinski definition) is 3. The molecule has 3 rings (SSSR count). The van der Waals surface area contributed by atoms with Crippen molar-refractivity contribution in [3.63, 3.8) is 0 Å². The summed E-state index contributed by atoms with van der Waals surface area (Å²) in [6.07, 6.45) is 1.86. The monoisotopic (exact) mass is 473 g/mol. The predicted molar refractivity (Wildman–Crippen MR) is 125 cm³/mol. The minimum absolute atomic E-state index is 0.0266. The Morgan fingerprint density at radius 2 is 1.81 bits per heavy atom. The van der Waals surface area contributed by atoms with E-state index in [2.05, 4.69) is 4.79 Å². The number of hydrogen-bond donors (Lipinski definition) is 0. The van der Waals surface area contributed by atoms with Crippen molar-refractivity contribution in [3.8, 4) is 0 Å². The zero-order valence-electron chi connectivity index (χ0n) is 18.4. The number of rotatable bonds is 4. The summed E-state index contributed by atoms with van der Waals surface area (Å²) >= 11 is 12.4. The quantitative estimate of drug-likeness (QED) is 0.225. The minimum Gasteiger partial charge on any atom is -0.444 e. The first-order valence-corrected chi connectivity index (χ1v) is 11.0. The Kier molecular flexibility index (Phi) is 7.09. The van der Waals surface area contributed by atoms with Gasteiger partial charge in [-0.05, 0) is 68.5 Å². The highest BCUT2D eigenvalue weighted by Crippen LogP contribution is 2.44. The van der Waals surface area contributed by atoms with Gasteiger partial charge in [-0.25, -0.2) is 4.79 Å². The lowest BCUT2D eigenvalue weighted by molar-refractivity contribution is 0.00232. The Bertz CT molecular complexity index is 1100. The fraction of sp³-hybridized carbons (Fsp3) is 0.375. The van der Waals surface area contributed by atoms with E-state index in [0.29, 0.717) is 22.0 Å². The maximum absolute atomic E-state index is 12.8. The van der Waals surface area contributed by atoms with Crippen molar-refractivity contribution in [1.82, 2.24) is 4.90 Å². The number of ketones is 1. The SMILES string of the molecule is CN(C(=O)OC(C)(C)C)[C@H]1CCC(c2ccc(Cl)c(Cl)c2)c2ccc(C(=O)C=[N+]=[N-])cc21. The van der Waals surface area contributed by atoms with Crippen LogP contribution in [0.3, 0.4) is 0 Å². The maximum atomic E-state index is 12.8. The molecule has 8 heteroatoms. The van der Waals surface area contributed by atoms with Gasteiger partial charge in [-0.3, -0.25) is 4.79 Å². The summed E-state index contributed by atoms with van der Waals surface area (Å²) in [6, 6.07) is 10.6. The van der Waals surface area contributed by atoms with Gasteiger partial charge in [0, 0.05) is 18.5 Å². The lowest BCUT2D eigenvalue weighted by Gasteiger charge is -2.37. The van der Waals surface area contributed by atoms with Crippen LogP contribution in [0, 0.1) is 0 Å². The van der Waals surface area contributed by atoms with Crippen molar-refractivity contribution in [2.24, 2.45) is 0 Å². The molecular weight excluding hydrogens is 449 g/mol. The molecule has 0 heterocycles. The Hall–Kier alpha value is -2.66. The average molecular weight is 474 g/mol. The molecular formula is C24H25Cl2N3O3. The van der Waals surface area contributed by atoms with Crippen LogP contribution >= 0.6 is 23.2 Å². The Labute approximate surface area is 197 Å². The van der Waals surface area contributed by atoms with Crippen LogP contribution in [0.25, 0.3) is 5.53 Å². The zero-order chi connectivity index (χ0) is 23.6. The van der Waals surface area contributed by atoms with Crippen LogP contribution in [0.4, 0.5) is 4.79 Å². The van der Waals surface area contributed by atoms with Gasteiger partial charge in [0.1, 0.15) is 5.60 Å². The van der Waals surface area contributed by atoms with E-state index < -0.39 is 17.5 Å². The van der Waals surface area contributed by atoms with Gasteiger partial charge in [-0.15, -0.1) is 0 Å². The Morgan fingerprint density at radius 3 is 2.44 bits per heavy atom. The average Bonchev–Trinajstić information content (AvgIpc) is 2.73. The highest BCUT2D eigenvalue weighted by molar-refractivity contribution is 6.42. The van der Waals surface area contributed by atoms with E-state index in [0.717, 1.165) is 29.3 Å². The summed E-state index contributed by atoms with van der Waals surface area (Å²) in [4.78, 5) is 29.5. The van der Waals surface area contributed by atoms with E-state index in [9.17, 15) is 9.59 Å². The molecule has 1 unspecified atom stereocenters. The number of nitrogens with zero attached hydrogens (tertiary/aromatic N) is 3. The summed E-state index contributed by atoms with van der Waals surface area (Å²) in [5.74, 6) is -0.399. The first kappa shape index (κ1) is 24.0. The standard InChI is InChI=1S/C24H25Cl2N3O3/c1-24(2,3)32-23(31)29(4)21-10-8-16(14-6-9-19(25)20(26)12-14)17-7-5-15(11-18(17)21)22(30)13-28-27/h5-7,9,11-13,16,21H,8,10H2,1-4H3/t16?,21-/m0/s1. The van der Waals surface area contributed by atoms with Crippen molar-refractivity contribution >= 4 is 41.3 Å².